The Kier molecular flexibility index (Phi) is 9.05. The lowest BCUT2D eigenvalue weighted by Crippen LogP contribution is -2.64. The first kappa shape index (κ1) is 29.8. The van der Waals surface area contributed by atoms with Crippen molar-refractivity contribution in [2.24, 2.45) is 5.92 Å². The topological polar surface area (TPSA) is 124 Å². The fraction of sp³-hybridized carbons (Fsp3) is 0.481. The minimum atomic E-state index is -4.31. The second-order valence-electron chi connectivity index (χ2n) is 10.1. The summed E-state index contributed by atoms with van der Waals surface area (Å²) in [6.07, 6.45) is -3.15. The van der Waals surface area contributed by atoms with Gasteiger partial charge in [-0.15, -0.1) is 0 Å². The van der Waals surface area contributed by atoms with Crippen LogP contribution in [-0.4, -0.2) is 56.7 Å². The lowest BCUT2D eigenvalue weighted by Gasteiger charge is -2.47. The molecule has 0 bridgehead atoms. The van der Waals surface area contributed by atoms with Crippen LogP contribution in [0, 0.1) is 19.8 Å². The van der Waals surface area contributed by atoms with Crippen molar-refractivity contribution in [3.8, 4) is 0 Å². The van der Waals surface area contributed by atoms with Gasteiger partial charge in [0.1, 0.15) is 5.25 Å². The Morgan fingerprint density at radius 3 is 1.76 bits per heavy atom. The monoisotopic (exact) mass is 565 g/mol. The summed E-state index contributed by atoms with van der Waals surface area (Å²) in [5, 5.41) is -1.35. The number of rotatable bonds is 8. The Bertz CT molecular complexity index is 1370. The Hall–Kier alpha value is -2.76. The molecule has 0 radical (unpaired) electrons. The zero-order valence-corrected chi connectivity index (χ0v) is 24.1. The molecule has 0 unspecified atom stereocenters. The van der Waals surface area contributed by atoms with Crippen LogP contribution in [0.1, 0.15) is 51.7 Å². The number of carbonyl (C=O) groups is 2. The molecule has 38 heavy (non-hydrogen) atoms. The highest BCUT2D eigenvalue weighted by atomic mass is 32.2. The zero-order valence-electron chi connectivity index (χ0n) is 22.4. The van der Waals surface area contributed by atoms with Crippen LogP contribution in [0.25, 0.3) is 0 Å². The average Bonchev–Trinajstić information content (AvgIpc) is 2.80. The van der Waals surface area contributed by atoms with Crippen molar-refractivity contribution in [1.29, 1.82) is 0 Å². The molecule has 1 heterocycles. The van der Waals surface area contributed by atoms with Crippen molar-refractivity contribution in [2.45, 2.75) is 87.8 Å². The van der Waals surface area contributed by atoms with Crippen molar-refractivity contribution in [2.75, 3.05) is 0 Å². The van der Waals surface area contributed by atoms with Gasteiger partial charge in [-0.1, -0.05) is 49.2 Å². The van der Waals surface area contributed by atoms with Crippen LogP contribution in [0.5, 0.6) is 0 Å². The summed E-state index contributed by atoms with van der Waals surface area (Å²) in [5.41, 5.74) is 1.70. The predicted octanol–water partition coefficient (Wildman–Crippen LogP) is 3.78. The van der Waals surface area contributed by atoms with Crippen LogP contribution in [-0.2, 0) is 38.9 Å². The summed E-state index contributed by atoms with van der Waals surface area (Å²) in [4.78, 5) is 24.4. The molecular weight excluding hydrogens is 530 g/mol. The molecule has 9 nitrogen and oxygen atoms in total. The third-order valence-electron chi connectivity index (χ3n) is 6.44. The highest BCUT2D eigenvalue weighted by molar-refractivity contribution is 7.92. The van der Waals surface area contributed by atoms with Crippen LogP contribution in [0.4, 0.5) is 0 Å². The largest absolute Gasteiger partial charge is 0.456 e. The van der Waals surface area contributed by atoms with E-state index in [0.29, 0.717) is 0 Å². The number of sulfonamides is 1. The van der Waals surface area contributed by atoms with Gasteiger partial charge in [-0.25, -0.2) is 16.8 Å². The van der Waals surface area contributed by atoms with Crippen LogP contribution in [0.3, 0.4) is 0 Å². The number of benzene rings is 2. The first-order valence-corrected chi connectivity index (χ1v) is 15.4. The third kappa shape index (κ3) is 6.44. The predicted molar refractivity (Wildman–Crippen MR) is 141 cm³/mol. The quantitative estimate of drug-likeness (QED) is 0.443. The van der Waals surface area contributed by atoms with E-state index in [1.165, 1.54) is 24.3 Å². The molecule has 0 N–H and O–H groups in total. The van der Waals surface area contributed by atoms with Crippen molar-refractivity contribution >= 4 is 31.8 Å². The van der Waals surface area contributed by atoms with E-state index in [2.05, 4.69) is 0 Å². The van der Waals surface area contributed by atoms with E-state index in [4.69, 9.17) is 9.47 Å². The molecule has 2 aromatic rings. The van der Waals surface area contributed by atoms with Gasteiger partial charge in [-0.05, 0) is 56.9 Å². The van der Waals surface area contributed by atoms with Gasteiger partial charge in [0, 0.05) is 19.9 Å². The minimum Gasteiger partial charge on any atom is -0.456 e. The molecule has 0 amide bonds. The lowest BCUT2D eigenvalue weighted by atomic mass is 9.93. The highest BCUT2D eigenvalue weighted by Crippen LogP contribution is 2.39. The summed E-state index contributed by atoms with van der Waals surface area (Å²) >= 11 is 0. The van der Waals surface area contributed by atoms with E-state index < -0.39 is 55.4 Å². The maximum absolute atomic E-state index is 14.0. The molecule has 208 valence electrons. The molecule has 11 heteroatoms. The van der Waals surface area contributed by atoms with Gasteiger partial charge in [0.05, 0.1) is 9.79 Å². The number of piperidine rings is 1. The van der Waals surface area contributed by atoms with Crippen molar-refractivity contribution in [1.82, 2.24) is 4.31 Å². The Labute approximate surface area is 225 Å². The number of aryl methyl sites for hydroxylation is 2. The van der Waals surface area contributed by atoms with Gasteiger partial charge < -0.3 is 9.47 Å². The van der Waals surface area contributed by atoms with Crippen molar-refractivity contribution in [3.63, 3.8) is 0 Å². The fourth-order valence-electron chi connectivity index (χ4n) is 4.77. The summed E-state index contributed by atoms with van der Waals surface area (Å²) in [6, 6.07) is 11.5. The number of carbonyl (C=O) groups excluding carboxylic acids is 2. The first-order valence-electron chi connectivity index (χ1n) is 12.4. The number of hydrogen-bond donors (Lipinski definition) is 0. The summed E-state index contributed by atoms with van der Waals surface area (Å²) in [5.74, 6) is -1.69. The number of sulfone groups is 1. The van der Waals surface area contributed by atoms with Gasteiger partial charge in [-0.3, -0.25) is 9.59 Å². The zero-order chi connectivity index (χ0) is 28.4. The van der Waals surface area contributed by atoms with E-state index in [1.54, 1.807) is 24.3 Å². The molecule has 0 aliphatic carbocycles. The summed E-state index contributed by atoms with van der Waals surface area (Å²) < 4.78 is 67.9. The maximum atomic E-state index is 14.0. The molecule has 0 saturated carbocycles. The SMILES string of the molecule is CC(=O)O[C@H]1[C@@H](OC(C)=O)N(S(=O)(=O)c2ccc(C)cc2)[C@@H](CC(C)C)C[C@@H]1S(=O)(=O)c1ccc(C)cc1. The van der Waals surface area contributed by atoms with E-state index in [9.17, 15) is 26.4 Å². The Morgan fingerprint density at radius 1 is 0.842 bits per heavy atom. The van der Waals surface area contributed by atoms with Crippen LogP contribution >= 0.6 is 0 Å². The van der Waals surface area contributed by atoms with E-state index in [0.717, 1.165) is 29.3 Å². The Morgan fingerprint density at radius 2 is 1.32 bits per heavy atom. The summed E-state index contributed by atoms with van der Waals surface area (Å²) in [6.45, 7) is 9.61. The Balaban J connectivity index is 2.25. The average molecular weight is 566 g/mol. The standard InChI is InChI=1S/C27H35NO8S2/c1-17(2)15-22-16-25(37(31,32)23-11-7-18(3)8-12-23)26(35-20(5)29)27(36-21(6)30)28(22)38(33,34)24-13-9-19(4)10-14-24/h7-14,17,22,25-27H,15-16H2,1-6H3/t22-,25-,26+,27+/m0/s1. The number of esters is 2. The molecule has 1 saturated heterocycles. The smallest absolute Gasteiger partial charge is 0.304 e. The van der Waals surface area contributed by atoms with Crippen molar-refractivity contribution < 1.29 is 35.9 Å². The normalized spacial score (nSPS) is 22.7. The number of ether oxygens (including phenoxy) is 2. The van der Waals surface area contributed by atoms with Gasteiger partial charge in [0.2, 0.25) is 16.3 Å². The summed E-state index contributed by atoms with van der Waals surface area (Å²) in [7, 11) is -8.45. The second kappa shape index (κ2) is 11.5. The molecular formula is C27H35NO8S2. The van der Waals surface area contributed by atoms with Gasteiger partial charge in [-0.2, -0.15) is 4.31 Å². The van der Waals surface area contributed by atoms with Crippen LogP contribution < -0.4 is 0 Å². The van der Waals surface area contributed by atoms with Crippen molar-refractivity contribution in [3.05, 3.63) is 59.7 Å². The molecule has 0 spiro atoms. The molecule has 0 aromatic heterocycles. The first-order chi connectivity index (χ1) is 17.6. The number of hydrogen-bond acceptors (Lipinski definition) is 8. The van der Waals surface area contributed by atoms with E-state index >= 15 is 0 Å². The van der Waals surface area contributed by atoms with Gasteiger partial charge >= 0.3 is 11.9 Å². The molecule has 1 aliphatic rings. The lowest BCUT2D eigenvalue weighted by molar-refractivity contribution is -0.184. The minimum absolute atomic E-state index is 0.00460. The molecule has 1 fully saturated rings. The molecule has 2 aromatic carbocycles. The van der Waals surface area contributed by atoms with Crippen LogP contribution in [0.15, 0.2) is 58.3 Å². The van der Waals surface area contributed by atoms with Gasteiger partial charge in [0.25, 0.3) is 0 Å². The van der Waals surface area contributed by atoms with E-state index in [1.807, 2.05) is 27.7 Å². The molecule has 4 atom stereocenters. The van der Waals surface area contributed by atoms with E-state index in [-0.39, 0.29) is 28.6 Å². The third-order valence-corrected chi connectivity index (χ3v) is 10.6. The van der Waals surface area contributed by atoms with Crippen LogP contribution in [0.2, 0.25) is 0 Å². The second-order valence-corrected chi connectivity index (χ2v) is 14.1. The highest BCUT2D eigenvalue weighted by Gasteiger charge is 2.56. The number of nitrogens with zero attached hydrogens (tertiary/aromatic N) is 1. The fourth-order valence-corrected chi connectivity index (χ4v) is 8.38. The molecule has 3 rings (SSSR count). The maximum Gasteiger partial charge on any atom is 0.304 e. The molecule has 1 aliphatic heterocycles. The van der Waals surface area contributed by atoms with Gasteiger partial charge in [0.15, 0.2) is 15.9 Å².